The van der Waals surface area contributed by atoms with Gasteiger partial charge in [0.25, 0.3) is 5.91 Å². The summed E-state index contributed by atoms with van der Waals surface area (Å²) in [6.45, 7) is 8.29. The van der Waals surface area contributed by atoms with E-state index in [2.05, 4.69) is 15.3 Å². The Kier molecular flexibility index (Phi) is 11.5. The molecule has 11 heteroatoms. The van der Waals surface area contributed by atoms with Crippen molar-refractivity contribution in [3.63, 3.8) is 0 Å². The number of aryl methyl sites for hydroxylation is 2. The third kappa shape index (κ3) is 8.08. The van der Waals surface area contributed by atoms with Gasteiger partial charge in [-0.3, -0.25) is 4.79 Å². The summed E-state index contributed by atoms with van der Waals surface area (Å²) in [5.74, 6) is 0.848. The van der Waals surface area contributed by atoms with Gasteiger partial charge in [0, 0.05) is 26.9 Å². The lowest BCUT2D eigenvalue weighted by atomic mass is 9.79. The lowest BCUT2D eigenvalue weighted by Gasteiger charge is -2.37. The molecule has 2 aromatic rings. The van der Waals surface area contributed by atoms with Gasteiger partial charge in [-0.2, -0.15) is 10.3 Å². The summed E-state index contributed by atoms with van der Waals surface area (Å²) in [6, 6.07) is 9.56. The normalized spacial score (nSPS) is 19.9. The second-order valence-electron chi connectivity index (χ2n) is 10.4. The van der Waals surface area contributed by atoms with Crippen molar-refractivity contribution < 1.29 is 23.8 Å². The Labute approximate surface area is 252 Å². The monoisotopic (exact) mass is 595 g/mol. The van der Waals surface area contributed by atoms with Crippen LogP contribution in [0.1, 0.15) is 61.8 Å². The Morgan fingerprint density at radius 1 is 1.26 bits per heavy atom. The molecule has 0 atom stereocenters. The van der Waals surface area contributed by atoms with E-state index in [1.54, 1.807) is 39.4 Å². The van der Waals surface area contributed by atoms with Gasteiger partial charge in [-0.25, -0.2) is 9.78 Å². The zero-order chi connectivity index (χ0) is 30.9. The van der Waals surface area contributed by atoms with Crippen molar-refractivity contribution in [1.82, 2.24) is 15.2 Å². The van der Waals surface area contributed by atoms with E-state index in [4.69, 9.17) is 31.1 Å². The van der Waals surface area contributed by atoms with Gasteiger partial charge in [0.1, 0.15) is 16.7 Å². The molecule has 0 unspecified atom stereocenters. The summed E-state index contributed by atoms with van der Waals surface area (Å²) in [5.41, 5.74) is 3.55. The van der Waals surface area contributed by atoms with E-state index in [9.17, 15) is 9.59 Å². The fourth-order valence-electron chi connectivity index (χ4n) is 5.03. The van der Waals surface area contributed by atoms with Crippen LogP contribution in [0, 0.1) is 25.3 Å². The molecule has 10 nitrogen and oxygen atoms in total. The number of benzene rings is 1. The first-order valence-electron chi connectivity index (χ1n) is 13.8. The number of pyridine rings is 1. The third-order valence-electron chi connectivity index (χ3n) is 7.44. The van der Waals surface area contributed by atoms with Gasteiger partial charge in [0.15, 0.2) is 0 Å². The van der Waals surface area contributed by atoms with Gasteiger partial charge in [-0.1, -0.05) is 41.4 Å². The van der Waals surface area contributed by atoms with E-state index in [0.29, 0.717) is 41.7 Å². The number of rotatable bonds is 6. The van der Waals surface area contributed by atoms with E-state index >= 15 is 0 Å². The number of halogens is 1. The van der Waals surface area contributed by atoms with Gasteiger partial charge in [-0.05, 0) is 76.1 Å². The van der Waals surface area contributed by atoms with Crippen LogP contribution in [0.4, 0.5) is 4.79 Å². The average molecular weight is 596 g/mol. The number of ether oxygens (including phenoxy) is 3. The number of aromatic nitrogens is 1. The second-order valence-corrected chi connectivity index (χ2v) is 10.8. The molecule has 4 rings (SSSR count). The molecule has 0 bridgehead atoms. The summed E-state index contributed by atoms with van der Waals surface area (Å²) < 4.78 is 16.1. The molecule has 2 heterocycles. The quantitative estimate of drug-likeness (QED) is 0.148. The molecule has 1 aromatic heterocycles. The molecule has 224 valence electrons. The van der Waals surface area contributed by atoms with Crippen LogP contribution in [0.5, 0.6) is 0 Å². The van der Waals surface area contributed by atoms with Crippen LogP contribution in [-0.4, -0.2) is 60.2 Å². The second kappa shape index (κ2) is 14.8. The first-order valence-corrected chi connectivity index (χ1v) is 14.2. The maximum atomic E-state index is 13.0. The number of nitriles is 1. The molecule has 42 heavy (non-hydrogen) atoms. The minimum Gasteiger partial charge on any atom is -0.434 e. The van der Waals surface area contributed by atoms with Gasteiger partial charge in [-0.15, -0.1) is 0 Å². The molecule has 1 spiro atoms. The first kappa shape index (κ1) is 32.6. The number of methoxy groups -OCH3 is 1. The average Bonchev–Trinajstić information content (AvgIpc) is 3.21. The van der Waals surface area contributed by atoms with Crippen LogP contribution in [0.2, 0.25) is 5.15 Å². The number of amides is 1. The number of aliphatic imine (C=N–C) groups is 1. The number of nitrogens with one attached hydrogen (secondary N) is 1. The summed E-state index contributed by atoms with van der Waals surface area (Å²) in [5, 5.41) is 12.0. The fraction of sp³-hybridized carbons (Fsp3) is 0.452. The highest BCUT2D eigenvalue weighted by atomic mass is 35.5. The predicted molar refractivity (Wildman–Crippen MR) is 161 cm³/mol. The number of hydrogen-bond donors (Lipinski definition) is 1. The van der Waals surface area contributed by atoms with Gasteiger partial charge in [0.2, 0.25) is 6.19 Å². The van der Waals surface area contributed by atoms with Gasteiger partial charge >= 0.3 is 6.16 Å². The van der Waals surface area contributed by atoms with Crippen molar-refractivity contribution >= 4 is 35.1 Å². The molecule has 1 aliphatic heterocycles. The molecule has 1 fully saturated rings. The summed E-state index contributed by atoms with van der Waals surface area (Å²) in [4.78, 5) is 34.6. The van der Waals surface area contributed by atoms with Crippen LogP contribution in [0.25, 0.3) is 5.57 Å². The molecular formula is C31H38ClN5O5. The Balaban J connectivity index is 0.000000274. The number of nitrogens with zero attached hydrogens (tertiary/aromatic N) is 4. The molecule has 1 amide bonds. The van der Waals surface area contributed by atoms with Crippen molar-refractivity contribution in [2.24, 2.45) is 4.99 Å². The summed E-state index contributed by atoms with van der Waals surface area (Å²) in [7, 11) is 3.56. The number of carbonyl (C=O) groups is 2. The van der Waals surface area contributed by atoms with Gasteiger partial charge < -0.3 is 24.4 Å². The Morgan fingerprint density at radius 3 is 2.57 bits per heavy atom. The number of hydrogen-bond acceptors (Lipinski definition) is 8. The molecule has 1 saturated carbocycles. The van der Waals surface area contributed by atoms with Crippen LogP contribution in [0.15, 0.2) is 47.3 Å². The summed E-state index contributed by atoms with van der Waals surface area (Å²) >= 11 is 5.67. The highest BCUT2D eigenvalue weighted by Gasteiger charge is 2.50. The fourth-order valence-corrected chi connectivity index (χ4v) is 5.14. The van der Waals surface area contributed by atoms with E-state index in [1.807, 2.05) is 50.1 Å². The number of amidine groups is 1. The largest absolute Gasteiger partial charge is 0.513 e. The van der Waals surface area contributed by atoms with E-state index in [1.165, 1.54) is 0 Å². The topological polar surface area (TPSA) is 126 Å². The summed E-state index contributed by atoms with van der Waals surface area (Å²) in [6.07, 6.45) is 5.71. The first-order chi connectivity index (χ1) is 20.0. The maximum absolute atomic E-state index is 13.0. The van der Waals surface area contributed by atoms with Crippen molar-refractivity contribution in [2.45, 2.75) is 71.6 Å². The minimum atomic E-state index is -0.778. The van der Waals surface area contributed by atoms with Crippen LogP contribution < -0.4 is 5.32 Å². The van der Waals surface area contributed by atoms with E-state index in [0.717, 1.165) is 35.1 Å². The molecular weight excluding hydrogens is 558 g/mol. The minimum absolute atomic E-state index is 0.154. The van der Waals surface area contributed by atoms with Crippen LogP contribution in [-0.2, 0) is 25.5 Å². The highest BCUT2D eigenvalue weighted by Crippen LogP contribution is 2.44. The lowest BCUT2D eigenvalue weighted by molar-refractivity contribution is -0.116. The van der Waals surface area contributed by atoms with Crippen molar-refractivity contribution in [2.75, 3.05) is 20.8 Å². The molecule has 0 radical (unpaired) electrons. The zero-order valence-electron chi connectivity index (χ0n) is 25.0. The molecule has 2 aliphatic rings. The van der Waals surface area contributed by atoms with Crippen LogP contribution in [0.3, 0.4) is 0 Å². The Hall–Kier alpha value is -3.94. The van der Waals surface area contributed by atoms with Crippen LogP contribution >= 0.6 is 11.6 Å². The zero-order valence-corrected chi connectivity index (χ0v) is 25.7. The smallest absolute Gasteiger partial charge is 0.434 e. The van der Waals surface area contributed by atoms with Crippen molar-refractivity contribution in [3.05, 3.63) is 69.7 Å². The van der Waals surface area contributed by atoms with E-state index < -0.39 is 11.7 Å². The molecule has 1 aromatic carbocycles. The van der Waals surface area contributed by atoms with Crippen molar-refractivity contribution in [1.29, 1.82) is 5.26 Å². The third-order valence-corrected chi connectivity index (χ3v) is 7.67. The lowest BCUT2D eigenvalue weighted by Crippen LogP contribution is -2.49. The number of carbonyl (C=O) groups excluding carboxylic acids is 2. The standard InChI is InChI=1S/C21H27NO5.C10H11ClN4/c1-5-26-20(24)27-18-17(16-12-13(2)6-7-14(16)3)19(23)22-21(18)10-8-15(25-4)9-11-21;1-8(14-7-12)15(2)6-9-3-4-10(11)13-5-9/h6-7,12,15H,5,8-11H2,1-4H3,(H,22,23);3-5H,6H2,1-2H3/b;14-8+/t15-,21+;. The molecule has 0 saturated heterocycles. The van der Waals surface area contributed by atoms with E-state index in [-0.39, 0.29) is 18.6 Å². The molecule has 1 aliphatic carbocycles. The Morgan fingerprint density at radius 2 is 1.98 bits per heavy atom. The molecule has 1 N–H and O–H groups in total. The predicted octanol–water partition coefficient (Wildman–Crippen LogP) is 5.71. The maximum Gasteiger partial charge on any atom is 0.513 e. The van der Waals surface area contributed by atoms with Gasteiger partial charge in [0.05, 0.1) is 23.8 Å². The SMILES string of the molecule is C/C(=N\C#N)N(C)Cc1ccc(Cl)nc1.CCOC(=O)OC1=C(c2cc(C)ccc2C)C(=O)N[C@]12CC[C@@H](OC)CC2. The van der Waals surface area contributed by atoms with Crippen molar-refractivity contribution in [3.8, 4) is 6.19 Å². The Bertz CT molecular complexity index is 1380. The highest BCUT2D eigenvalue weighted by molar-refractivity contribution is 6.29.